The summed E-state index contributed by atoms with van der Waals surface area (Å²) in [7, 11) is 0. The molecule has 0 aliphatic rings. The Morgan fingerprint density at radius 3 is 2.50 bits per heavy atom. The maximum Gasteiger partial charge on any atom is 0.344 e. The summed E-state index contributed by atoms with van der Waals surface area (Å²) in [6, 6.07) is 4.63. The molecule has 24 heavy (non-hydrogen) atoms. The molecule has 2 rings (SSSR count). The molecule has 0 aliphatic carbocycles. The Morgan fingerprint density at radius 2 is 1.92 bits per heavy atom. The normalized spacial score (nSPS) is 11.9. The molecular formula is C16H16Cl2N2O4. The van der Waals surface area contributed by atoms with Crippen LogP contribution in [0.3, 0.4) is 0 Å². The lowest BCUT2D eigenvalue weighted by atomic mass is 10.1. The van der Waals surface area contributed by atoms with Crippen molar-refractivity contribution in [3.63, 3.8) is 0 Å². The molecule has 0 aliphatic heterocycles. The van der Waals surface area contributed by atoms with Crippen LogP contribution >= 0.6 is 23.2 Å². The van der Waals surface area contributed by atoms with Crippen molar-refractivity contribution in [3.8, 4) is 0 Å². The molecule has 2 aromatic rings. The van der Waals surface area contributed by atoms with Crippen LogP contribution in [0.4, 0.5) is 5.69 Å². The molecule has 0 spiro atoms. The summed E-state index contributed by atoms with van der Waals surface area (Å²) in [5.41, 5.74) is 1.16. The fourth-order valence-electron chi connectivity index (χ4n) is 2.06. The van der Waals surface area contributed by atoms with E-state index < -0.39 is 18.0 Å². The van der Waals surface area contributed by atoms with Crippen molar-refractivity contribution >= 4 is 40.8 Å². The van der Waals surface area contributed by atoms with Crippen LogP contribution in [0.5, 0.6) is 0 Å². The first-order chi connectivity index (χ1) is 11.3. The highest BCUT2D eigenvalue weighted by Gasteiger charge is 2.25. The number of aryl methyl sites for hydroxylation is 2. The highest BCUT2D eigenvalue weighted by molar-refractivity contribution is 6.35. The molecule has 0 saturated heterocycles. The summed E-state index contributed by atoms with van der Waals surface area (Å²) in [6.07, 6.45) is -0.502. The molecule has 8 heteroatoms. The van der Waals surface area contributed by atoms with E-state index in [4.69, 9.17) is 32.5 Å². The van der Waals surface area contributed by atoms with Gasteiger partial charge in [-0.05, 0) is 38.5 Å². The summed E-state index contributed by atoms with van der Waals surface area (Å²) >= 11 is 11.8. The minimum atomic E-state index is -1.02. The zero-order valence-corrected chi connectivity index (χ0v) is 14.9. The van der Waals surface area contributed by atoms with Gasteiger partial charge in [0.1, 0.15) is 11.3 Å². The number of rotatable bonds is 5. The minimum absolute atomic E-state index is 0.253. The van der Waals surface area contributed by atoms with Gasteiger partial charge in [-0.2, -0.15) is 0 Å². The van der Waals surface area contributed by atoms with E-state index in [0.717, 1.165) is 0 Å². The Bertz CT molecular complexity index is 753. The van der Waals surface area contributed by atoms with Gasteiger partial charge < -0.3 is 14.6 Å². The second-order valence-electron chi connectivity index (χ2n) is 5.11. The lowest BCUT2D eigenvalue weighted by molar-refractivity contribution is -0.123. The van der Waals surface area contributed by atoms with Gasteiger partial charge in [0.2, 0.25) is 0 Å². The zero-order chi connectivity index (χ0) is 17.9. The Labute approximate surface area is 149 Å². The number of benzene rings is 1. The number of hydrogen-bond acceptors (Lipinski definition) is 5. The number of nitrogens with zero attached hydrogens (tertiary/aromatic N) is 1. The summed E-state index contributed by atoms with van der Waals surface area (Å²) in [4.78, 5) is 24.4. The highest BCUT2D eigenvalue weighted by atomic mass is 35.5. The van der Waals surface area contributed by atoms with Crippen LogP contribution in [0.25, 0.3) is 0 Å². The Balaban J connectivity index is 2.05. The lowest BCUT2D eigenvalue weighted by Gasteiger charge is -2.14. The number of ether oxygens (including phenoxy) is 1. The van der Waals surface area contributed by atoms with Crippen molar-refractivity contribution < 1.29 is 18.8 Å². The monoisotopic (exact) mass is 370 g/mol. The van der Waals surface area contributed by atoms with Crippen molar-refractivity contribution in [2.24, 2.45) is 0 Å². The molecule has 1 amide bonds. The fourth-order valence-corrected chi connectivity index (χ4v) is 2.59. The third kappa shape index (κ3) is 4.27. The van der Waals surface area contributed by atoms with Gasteiger partial charge in [0.05, 0.1) is 5.69 Å². The van der Waals surface area contributed by atoms with Gasteiger partial charge in [-0.1, -0.05) is 35.3 Å². The maximum absolute atomic E-state index is 12.2. The Kier molecular flexibility index (Phi) is 5.85. The van der Waals surface area contributed by atoms with Gasteiger partial charge in [0.25, 0.3) is 5.91 Å². The number of halogens is 2. The van der Waals surface area contributed by atoms with Crippen LogP contribution < -0.4 is 5.32 Å². The van der Waals surface area contributed by atoms with Crippen molar-refractivity contribution in [2.75, 3.05) is 5.32 Å². The van der Waals surface area contributed by atoms with Gasteiger partial charge in [0, 0.05) is 15.7 Å². The number of aromatic nitrogens is 1. The number of hydrogen-bond donors (Lipinski definition) is 1. The van der Waals surface area contributed by atoms with Crippen molar-refractivity contribution in [2.45, 2.75) is 33.3 Å². The number of carbonyl (C=O) groups excluding carboxylic acids is 2. The largest absolute Gasteiger partial charge is 0.449 e. The van der Waals surface area contributed by atoms with E-state index in [9.17, 15) is 9.59 Å². The van der Waals surface area contributed by atoms with Crippen LogP contribution in [0.1, 0.15) is 35.7 Å². The van der Waals surface area contributed by atoms with Gasteiger partial charge >= 0.3 is 5.97 Å². The van der Waals surface area contributed by atoms with Crippen molar-refractivity contribution in [1.82, 2.24) is 5.16 Å². The van der Waals surface area contributed by atoms with Crippen molar-refractivity contribution in [3.05, 3.63) is 45.3 Å². The van der Waals surface area contributed by atoms with Crippen molar-refractivity contribution in [1.29, 1.82) is 0 Å². The summed E-state index contributed by atoms with van der Waals surface area (Å²) in [5, 5.41) is 7.15. The zero-order valence-electron chi connectivity index (χ0n) is 13.4. The van der Waals surface area contributed by atoms with Gasteiger partial charge in [-0.15, -0.1) is 0 Å². The number of nitrogens with one attached hydrogen (secondary N) is 1. The first kappa shape index (κ1) is 18.3. The summed E-state index contributed by atoms with van der Waals surface area (Å²) in [5.74, 6) is -0.808. The molecule has 1 aromatic heterocycles. The maximum atomic E-state index is 12.2. The standard InChI is InChI=1S/C16H16Cl2N2O4/c1-4-13-14(8(2)24-20-13)16(22)23-9(3)15(21)19-12-6-10(17)5-11(18)7-12/h5-7,9H,4H2,1-3H3,(H,19,21)/t9-/m1/s1. The number of anilines is 1. The predicted octanol–water partition coefficient (Wildman–Crippen LogP) is 4.04. The van der Waals surface area contributed by atoms with Crippen LogP contribution in [0.15, 0.2) is 22.7 Å². The Hall–Kier alpha value is -2.05. The number of esters is 1. The molecule has 1 N–H and O–H groups in total. The first-order valence-corrected chi connectivity index (χ1v) is 8.00. The van der Waals surface area contributed by atoms with Crippen LogP contribution in [-0.4, -0.2) is 23.1 Å². The number of amides is 1. The topological polar surface area (TPSA) is 81.4 Å². The average molecular weight is 371 g/mol. The minimum Gasteiger partial charge on any atom is -0.449 e. The quantitative estimate of drug-likeness (QED) is 0.803. The molecule has 128 valence electrons. The van der Waals surface area contributed by atoms with E-state index in [-0.39, 0.29) is 5.56 Å². The Morgan fingerprint density at radius 1 is 1.29 bits per heavy atom. The molecule has 0 unspecified atom stereocenters. The molecular weight excluding hydrogens is 355 g/mol. The van der Waals surface area contributed by atoms with E-state index in [2.05, 4.69) is 10.5 Å². The van der Waals surface area contributed by atoms with Crippen LogP contribution in [0.2, 0.25) is 10.0 Å². The highest BCUT2D eigenvalue weighted by Crippen LogP contribution is 2.23. The van der Waals surface area contributed by atoms with Gasteiger partial charge in [-0.25, -0.2) is 4.79 Å². The van der Waals surface area contributed by atoms with E-state index in [0.29, 0.717) is 33.6 Å². The SMILES string of the molecule is CCc1noc(C)c1C(=O)O[C@H](C)C(=O)Nc1cc(Cl)cc(Cl)c1. The summed E-state index contributed by atoms with van der Waals surface area (Å²) in [6.45, 7) is 4.92. The molecule has 1 heterocycles. The van der Waals surface area contributed by atoms with Crippen LogP contribution in [-0.2, 0) is 16.0 Å². The summed E-state index contributed by atoms with van der Waals surface area (Å²) < 4.78 is 10.2. The molecule has 0 bridgehead atoms. The number of carbonyl (C=O) groups is 2. The molecule has 0 fully saturated rings. The molecule has 6 nitrogen and oxygen atoms in total. The molecule has 1 atom stereocenters. The second-order valence-corrected chi connectivity index (χ2v) is 5.98. The van der Waals surface area contributed by atoms with E-state index in [1.54, 1.807) is 25.1 Å². The molecule has 0 radical (unpaired) electrons. The fraction of sp³-hybridized carbons (Fsp3) is 0.312. The lowest BCUT2D eigenvalue weighted by Crippen LogP contribution is -2.30. The first-order valence-electron chi connectivity index (χ1n) is 7.25. The third-order valence-electron chi connectivity index (χ3n) is 3.26. The average Bonchev–Trinajstić information content (AvgIpc) is 2.86. The second kappa shape index (κ2) is 7.68. The van der Waals surface area contributed by atoms with Crippen LogP contribution in [0, 0.1) is 6.92 Å². The predicted molar refractivity (Wildman–Crippen MR) is 90.6 cm³/mol. The molecule has 0 saturated carbocycles. The third-order valence-corrected chi connectivity index (χ3v) is 3.69. The van der Waals surface area contributed by atoms with E-state index in [1.165, 1.54) is 6.92 Å². The van der Waals surface area contributed by atoms with E-state index >= 15 is 0 Å². The van der Waals surface area contributed by atoms with Gasteiger partial charge in [-0.3, -0.25) is 4.79 Å². The van der Waals surface area contributed by atoms with Gasteiger partial charge in [0.15, 0.2) is 6.10 Å². The smallest absolute Gasteiger partial charge is 0.344 e. The van der Waals surface area contributed by atoms with E-state index in [1.807, 2.05) is 6.92 Å². The molecule has 1 aromatic carbocycles.